The molecular weight excluding hydrogens is 204 g/mol. The number of aliphatic hydroxyl groups excluding tert-OH is 1. The van der Waals surface area contributed by atoms with Crippen LogP contribution in [0.2, 0.25) is 0 Å². The Morgan fingerprint density at radius 2 is 2.50 bits per heavy atom. The van der Waals surface area contributed by atoms with Crippen LogP contribution in [0.4, 0.5) is 5.95 Å². The monoisotopic (exact) mass is 218 g/mol. The van der Waals surface area contributed by atoms with Crippen LogP contribution in [0.1, 0.15) is 6.42 Å². The van der Waals surface area contributed by atoms with Crippen molar-refractivity contribution in [2.75, 3.05) is 24.6 Å². The minimum absolute atomic E-state index is 0.259. The standard InChI is InChI=1S/C11H14N4O/c16-7-8-3-5-15(6-8)11-13-9-2-1-4-12-10(9)14-11/h1-2,4,8,16H,3,5-7H2,(H,12,13,14). The molecule has 1 saturated heterocycles. The molecule has 1 aliphatic heterocycles. The van der Waals surface area contributed by atoms with Gasteiger partial charge in [0.15, 0.2) is 5.65 Å². The highest BCUT2D eigenvalue weighted by Crippen LogP contribution is 2.22. The highest BCUT2D eigenvalue weighted by atomic mass is 16.3. The smallest absolute Gasteiger partial charge is 0.205 e. The average Bonchev–Trinajstić information content (AvgIpc) is 2.95. The van der Waals surface area contributed by atoms with Crippen molar-refractivity contribution >= 4 is 17.1 Å². The fourth-order valence-corrected chi connectivity index (χ4v) is 2.16. The Balaban J connectivity index is 1.89. The number of imidazole rings is 1. The van der Waals surface area contributed by atoms with Crippen LogP contribution < -0.4 is 4.90 Å². The molecule has 1 unspecified atom stereocenters. The van der Waals surface area contributed by atoms with E-state index in [2.05, 4.69) is 19.9 Å². The normalized spacial score (nSPS) is 20.8. The van der Waals surface area contributed by atoms with Crippen molar-refractivity contribution in [2.24, 2.45) is 5.92 Å². The summed E-state index contributed by atoms with van der Waals surface area (Å²) in [4.78, 5) is 14.1. The van der Waals surface area contributed by atoms with Gasteiger partial charge in [-0.3, -0.25) is 0 Å². The van der Waals surface area contributed by atoms with Crippen LogP contribution in [-0.4, -0.2) is 39.8 Å². The maximum Gasteiger partial charge on any atom is 0.205 e. The molecule has 2 aromatic heterocycles. The van der Waals surface area contributed by atoms with Gasteiger partial charge in [-0.05, 0) is 18.6 Å². The summed E-state index contributed by atoms with van der Waals surface area (Å²) in [6, 6.07) is 3.86. The first-order valence-corrected chi connectivity index (χ1v) is 5.53. The van der Waals surface area contributed by atoms with E-state index in [-0.39, 0.29) is 6.61 Å². The van der Waals surface area contributed by atoms with E-state index in [1.807, 2.05) is 12.1 Å². The molecule has 1 atom stereocenters. The molecule has 0 saturated carbocycles. The summed E-state index contributed by atoms with van der Waals surface area (Å²) < 4.78 is 0. The molecule has 3 heterocycles. The van der Waals surface area contributed by atoms with Crippen LogP contribution in [0.15, 0.2) is 18.3 Å². The highest BCUT2D eigenvalue weighted by molar-refractivity contribution is 5.73. The number of fused-ring (bicyclic) bond motifs is 1. The minimum atomic E-state index is 0.259. The molecule has 0 aliphatic carbocycles. The molecular formula is C11H14N4O. The molecule has 2 N–H and O–H groups in total. The highest BCUT2D eigenvalue weighted by Gasteiger charge is 2.23. The van der Waals surface area contributed by atoms with Gasteiger partial charge in [0.1, 0.15) is 0 Å². The van der Waals surface area contributed by atoms with E-state index >= 15 is 0 Å². The zero-order valence-electron chi connectivity index (χ0n) is 8.93. The molecule has 0 spiro atoms. The van der Waals surface area contributed by atoms with Gasteiger partial charge in [0.25, 0.3) is 0 Å². The third kappa shape index (κ3) is 1.53. The fraction of sp³-hybridized carbons (Fsp3) is 0.455. The van der Waals surface area contributed by atoms with E-state index in [0.29, 0.717) is 5.92 Å². The number of pyridine rings is 1. The van der Waals surface area contributed by atoms with Crippen LogP contribution in [0.5, 0.6) is 0 Å². The molecule has 0 bridgehead atoms. The maximum absolute atomic E-state index is 9.10. The number of aromatic amines is 1. The van der Waals surface area contributed by atoms with Gasteiger partial charge >= 0.3 is 0 Å². The first-order chi connectivity index (χ1) is 7.86. The lowest BCUT2D eigenvalue weighted by Gasteiger charge is -2.13. The van der Waals surface area contributed by atoms with Gasteiger partial charge in [0.2, 0.25) is 5.95 Å². The van der Waals surface area contributed by atoms with E-state index < -0.39 is 0 Å². The summed E-state index contributed by atoms with van der Waals surface area (Å²) in [5.74, 6) is 1.24. The first kappa shape index (κ1) is 9.59. The van der Waals surface area contributed by atoms with E-state index in [4.69, 9.17) is 5.11 Å². The van der Waals surface area contributed by atoms with Crippen LogP contribution in [0.25, 0.3) is 11.2 Å². The predicted molar refractivity (Wildman–Crippen MR) is 61.3 cm³/mol. The molecule has 16 heavy (non-hydrogen) atoms. The Morgan fingerprint density at radius 3 is 3.25 bits per heavy atom. The molecule has 3 rings (SSSR count). The fourth-order valence-electron chi connectivity index (χ4n) is 2.16. The quantitative estimate of drug-likeness (QED) is 0.781. The third-order valence-corrected chi connectivity index (χ3v) is 3.09. The Kier molecular flexibility index (Phi) is 2.25. The summed E-state index contributed by atoms with van der Waals surface area (Å²) in [7, 11) is 0. The van der Waals surface area contributed by atoms with Crippen LogP contribution in [0, 0.1) is 5.92 Å². The summed E-state index contributed by atoms with van der Waals surface area (Å²) in [5, 5.41) is 9.10. The largest absolute Gasteiger partial charge is 0.396 e. The van der Waals surface area contributed by atoms with Gasteiger partial charge in [-0.1, -0.05) is 0 Å². The molecule has 0 amide bonds. The first-order valence-electron chi connectivity index (χ1n) is 5.53. The van der Waals surface area contributed by atoms with E-state index in [0.717, 1.165) is 36.6 Å². The summed E-state index contributed by atoms with van der Waals surface area (Å²) in [5.41, 5.74) is 1.72. The molecule has 2 aromatic rings. The Hall–Kier alpha value is -1.62. The lowest BCUT2D eigenvalue weighted by Crippen LogP contribution is -2.21. The minimum Gasteiger partial charge on any atom is -0.396 e. The number of aromatic nitrogens is 3. The Labute approximate surface area is 93.1 Å². The zero-order valence-corrected chi connectivity index (χ0v) is 8.93. The summed E-state index contributed by atoms with van der Waals surface area (Å²) in [6.45, 7) is 2.08. The molecule has 84 valence electrons. The molecule has 0 aromatic carbocycles. The Morgan fingerprint density at radius 1 is 1.56 bits per heavy atom. The van der Waals surface area contributed by atoms with Crippen LogP contribution >= 0.6 is 0 Å². The second-order valence-electron chi connectivity index (χ2n) is 4.22. The third-order valence-electron chi connectivity index (χ3n) is 3.09. The second kappa shape index (κ2) is 3.75. The number of hydrogen-bond acceptors (Lipinski definition) is 4. The number of nitrogens with zero attached hydrogens (tertiary/aromatic N) is 3. The number of H-pyrrole nitrogens is 1. The molecule has 0 radical (unpaired) electrons. The van der Waals surface area contributed by atoms with Crippen molar-refractivity contribution in [3.8, 4) is 0 Å². The van der Waals surface area contributed by atoms with Crippen molar-refractivity contribution in [3.05, 3.63) is 18.3 Å². The summed E-state index contributed by atoms with van der Waals surface area (Å²) in [6.07, 6.45) is 2.77. The number of aliphatic hydroxyl groups is 1. The lowest BCUT2D eigenvalue weighted by atomic mass is 10.1. The number of nitrogens with one attached hydrogen (secondary N) is 1. The SMILES string of the molecule is OCC1CCN(c2nc3ncccc3[nH]2)C1. The van der Waals surface area contributed by atoms with Gasteiger partial charge in [-0.2, -0.15) is 4.98 Å². The lowest BCUT2D eigenvalue weighted by molar-refractivity contribution is 0.238. The second-order valence-corrected chi connectivity index (χ2v) is 4.22. The van der Waals surface area contributed by atoms with Gasteiger partial charge in [-0.15, -0.1) is 0 Å². The Bertz CT molecular complexity index is 462. The number of anilines is 1. The van der Waals surface area contributed by atoms with Crippen molar-refractivity contribution < 1.29 is 5.11 Å². The number of hydrogen-bond donors (Lipinski definition) is 2. The summed E-state index contributed by atoms with van der Waals surface area (Å²) >= 11 is 0. The molecule has 1 fully saturated rings. The van der Waals surface area contributed by atoms with Crippen LogP contribution in [0.3, 0.4) is 0 Å². The van der Waals surface area contributed by atoms with E-state index in [1.165, 1.54) is 0 Å². The van der Waals surface area contributed by atoms with Gasteiger partial charge < -0.3 is 15.0 Å². The van der Waals surface area contributed by atoms with Crippen molar-refractivity contribution in [1.29, 1.82) is 0 Å². The number of rotatable bonds is 2. The topological polar surface area (TPSA) is 65.0 Å². The average molecular weight is 218 g/mol. The molecule has 5 heteroatoms. The van der Waals surface area contributed by atoms with Gasteiger partial charge in [-0.25, -0.2) is 4.98 Å². The van der Waals surface area contributed by atoms with Gasteiger partial charge in [0, 0.05) is 31.8 Å². The van der Waals surface area contributed by atoms with E-state index in [9.17, 15) is 0 Å². The van der Waals surface area contributed by atoms with E-state index in [1.54, 1.807) is 6.20 Å². The predicted octanol–water partition coefficient (Wildman–Crippen LogP) is 0.776. The van der Waals surface area contributed by atoms with Crippen LogP contribution in [-0.2, 0) is 0 Å². The van der Waals surface area contributed by atoms with Crippen molar-refractivity contribution in [3.63, 3.8) is 0 Å². The molecule has 5 nitrogen and oxygen atoms in total. The van der Waals surface area contributed by atoms with Crippen molar-refractivity contribution in [1.82, 2.24) is 15.0 Å². The zero-order chi connectivity index (χ0) is 11.0. The maximum atomic E-state index is 9.10. The van der Waals surface area contributed by atoms with Crippen molar-refractivity contribution in [2.45, 2.75) is 6.42 Å². The molecule has 1 aliphatic rings. The van der Waals surface area contributed by atoms with Gasteiger partial charge in [0.05, 0.1) is 5.52 Å².